The van der Waals surface area contributed by atoms with E-state index in [1.54, 1.807) is 0 Å². The molecule has 0 unspecified atom stereocenters. The van der Waals surface area contributed by atoms with Gasteiger partial charge in [0.1, 0.15) is 5.58 Å². The molecule has 0 saturated heterocycles. The molecular formula is C44H28N2O. The third-order valence-corrected chi connectivity index (χ3v) is 9.54. The quantitative estimate of drug-likeness (QED) is 0.197. The monoisotopic (exact) mass is 600 g/mol. The fourth-order valence-electron chi connectivity index (χ4n) is 7.38. The molecule has 7 aromatic carbocycles. The Kier molecular flexibility index (Phi) is 5.57. The minimum absolute atomic E-state index is 0.866. The van der Waals surface area contributed by atoms with Gasteiger partial charge in [-0.2, -0.15) is 0 Å². The van der Waals surface area contributed by atoms with Crippen LogP contribution in [0.5, 0.6) is 0 Å². The van der Waals surface area contributed by atoms with Crippen molar-refractivity contribution in [3.63, 3.8) is 0 Å². The summed E-state index contributed by atoms with van der Waals surface area (Å²) in [6.07, 6.45) is 0. The van der Waals surface area contributed by atoms with Gasteiger partial charge in [-0.05, 0) is 70.8 Å². The first kappa shape index (κ1) is 26.0. The molecule has 3 heteroatoms. The van der Waals surface area contributed by atoms with Crippen LogP contribution in [0.15, 0.2) is 174 Å². The Hall–Kier alpha value is -6.32. The summed E-state index contributed by atoms with van der Waals surface area (Å²) in [5.41, 5.74) is 12.2. The summed E-state index contributed by atoms with van der Waals surface area (Å²) in [7, 11) is 0. The molecule has 0 bridgehead atoms. The first-order valence-corrected chi connectivity index (χ1v) is 16.0. The molecule has 220 valence electrons. The summed E-state index contributed by atoms with van der Waals surface area (Å²) in [6, 6.07) is 60.7. The smallest absolute Gasteiger partial charge is 0.213 e. The highest BCUT2D eigenvalue weighted by atomic mass is 16.3. The first-order valence-electron chi connectivity index (χ1n) is 16.0. The van der Waals surface area contributed by atoms with Crippen molar-refractivity contribution in [1.29, 1.82) is 0 Å². The highest BCUT2D eigenvalue weighted by molar-refractivity contribution is 6.20. The number of nitrogens with zero attached hydrogens (tertiary/aromatic N) is 2. The summed E-state index contributed by atoms with van der Waals surface area (Å²) in [6.45, 7) is 0. The maximum atomic E-state index is 6.60. The van der Waals surface area contributed by atoms with Gasteiger partial charge in [-0.25, -0.2) is 0 Å². The topological polar surface area (TPSA) is 23.0 Å². The van der Waals surface area contributed by atoms with Crippen LogP contribution in [0.4, 0.5) is 0 Å². The molecule has 0 amide bonds. The minimum atomic E-state index is 0.866. The molecule has 0 saturated carbocycles. The lowest BCUT2D eigenvalue weighted by Crippen LogP contribution is -1.95. The molecular weight excluding hydrogens is 572 g/mol. The van der Waals surface area contributed by atoms with Crippen LogP contribution in [0.2, 0.25) is 0 Å². The summed E-state index contributed by atoms with van der Waals surface area (Å²) < 4.78 is 11.2. The van der Waals surface area contributed by atoms with Crippen molar-refractivity contribution in [2.24, 2.45) is 0 Å². The van der Waals surface area contributed by atoms with Gasteiger partial charge in [0.05, 0.1) is 21.9 Å². The van der Waals surface area contributed by atoms with Crippen LogP contribution in [0, 0.1) is 0 Å². The average molecular weight is 601 g/mol. The van der Waals surface area contributed by atoms with Crippen LogP contribution in [0.1, 0.15) is 0 Å². The van der Waals surface area contributed by atoms with E-state index < -0.39 is 0 Å². The van der Waals surface area contributed by atoms with Crippen molar-refractivity contribution >= 4 is 54.8 Å². The Morgan fingerprint density at radius 1 is 0.340 bits per heavy atom. The van der Waals surface area contributed by atoms with Crippen LogP contribution >= 0.6 is 0 Å². The molecule has 3 nitrogen and oxygen atoms in total. The second kappa shape index (κ2) is 10.1. The van der Waals surface area contributed by atoms with Crippen molar-refractivity contribution in [3.8, 4) is 33.6 Å². The Morgan fingerprint density at radius 2 is 0.936 bits per heavy atom. The predicted octanol–water partition coefficient (Wildman–Crippen LogP) is 12.0. The van der Waals surface area contributed by atoms with Gasteiger partial charge in [-0.15, -0.1) is 0 Å². The maximum Gasteiger partial charge on any atom is 0.213 e. The Balaban J connectivity index is 1.15. The molecule has 0 N–H and O–H groups in total. The lowest BCUT2D eigenvalue weighted by molar-refractivity contribution is 0.645. The fourth-order valence-corrected chi connectivity index (χ4v) is 7.38. The van der Waals surface area contributed by atoms with Crippen molar-refractivity contribution in [2.45, 2.75) is 0 Å². The number of rotatable bonds is 4. The zero-order valence-corrected chi connectivity index (χ0v) is 25.5. The van der Waals surface area contributed by atoms with Gasteiger partial charge in [-0.3, -0.25) is 4.57 Å². The van der Waals surface area contributed by atoms with E-state index in [0.717, 1.165) is 44.5 Å². The van der Waals surface area contributed by atoms with Crippen LogP contribution in [0.3, 0.4) is 0 Å². The lowest BCUT2D eigenvalue weighted by Gasteiger charge is -2.11. The average Bonchev–Trinajstić information content (AvgIpc) is 3.79. The number of hydrogen-bond acceptors (Lipinski definition) is 1. The second-order valence-corrected chi connectivity index (χ2v) is 12.2. The highest BCUT2D eigenvalue weighted by Crippen LogP contribution is 2.41. The zero-order valence-electron chi connectivity index (χ0n) is 25.5. The van der Waals surface area contributed by atoms with Crippen LogP contribution in [0.25, 0.3) is 88.4 Å². The number of benzene rings is 7. The first-order chi connectivity index (χ1) is 23.3. The Labute approximate surface area is 271 Å². The standard InChI is InChI=1S/C44H28N2O/c1-2-11-29(12-3-1)31-13-10-14-34(27-31)46-41-28-32(23-26-37(41)43-38-17-6-9-20-42(38)47-44(43)46)30-21-24-33(25-22-30)45-39-18-7-4-15-35(39)36-16-5-8-19-40(36)45/h1-28H. The van der Waals surface area contributed by atoms with Crippen LogP contribution in [-0.4, -0.2) is 9.13 Å². The van der Waals surface area contributed by atoms with Gasteiger partial charge in [0, 0.05) is 32.9 Å². The minimum Gasteiger partial charge on any atom is -0.439 e. The number of para-hydroxylation sites is 3. The molecule has 0 aliphatic carbocycles. The van der Waals surface area contributed by atoms with E-state index in [1.807, 2.05) is 6.07 Å². The van der Waals surface area contributed by atoms with E-state index in [4.69, 9.17) is 4.42 Å². The van der Waals surface area contributed by atoms with E-state index in [0.29, 0.717) is 0 Å². The predicted molar refractivity (Wildman–Crippen MR) is 196 cm³/mol. The number of hydrogen-bond donors (Lipinski definition) is 0. The van der Waals surface area contributed by atoms with Crippen molar-refractivity contribution in [2.75, 3.05) is 0 Å². The number of aromatic nitrogens is 2. The molecule has 47 heavy (non-hydrogen) atoms. The largest absolute Gasteiger partial charge is 0.439 e. The summed E-state index contributed by atoms with van der Waals surface area (Å²) in [4.78, 5) is 0. The summed E-state index contributed by atoms with van der Waals surface area (Å²) >= 11 is 0. The second-order valence-electron chi connectivity index (χ2n) is 12.2. The van der Waals surface area contributed by atoms with E-state index in [-0.39, 0.29) is 0 Å². The van der Waals surface area contributed by atoms with Crippen molar-refractivity contribution in [3.05, 3.63) is 170 Å². The maximum absolute atomic E-state index is 6.60. The molecule has 3 aromatic heterocycles. The van der Waals surface area contributed by atoms with E-state index in [2.05, 4.69) is 173 Å². The molecule has 0 aliphatic heterocycles. The molecule has 0 radical (unpaired) electrons. The van der Waals surface area contributed by atoms with Crippen LogP contribution < -0.4 is 0 Å². The van der Waals surface area contributed by atoms with Gasteiger partial charge >= 0.3 is 0 Å². The van der Waals surface area contributed by atoms with E-state index >= 15 is 0 Å². The number of furan rings is 1. The molecule has 0 spiro atoms. The van der Waals surface area contributed by atoms with Gasteiger partial charge < -0.3 is 8.98 Å². The van der Waals surface area contributed by atoms with E-state index in [9.17, 15) is 0 Å². The van der Waals surface area contributed by atoms with Crippen molar-refractivity contribution < 1.29 is 4.42 Å². The SMILES string of the molecule is c1ccc(-c2cccc(-n3c4cc(-c5ccc(-n6c7ccccc7c7ccccc76)cc5)ccc4c4c5ccccc5oc43)c2)cc1. The fraction of sp³-hybridized carbons (Fsp3) is 0. The third-order valence-electron chi connectivity index (χ3n) is 9.54. The van der Waals surface area contributed by atoms with Gasteiger partial charge in [-0.1, -0.05) is 121 Å². The summed E-state index contributed by atoms with van der Waals surface area (Å²) in [5, 5.41) is 6.00. The van der Waals surface area contributed by atoms with Gasteiger partial charge in [0.2, 0.25) is 5.71 Å². The normalized spacial score (nSPS) is 11.8. The molecule has 10 aromatic rings. The molecule has 0 aliphatic rings. The molecule has 0 atom stereocenters. The van der Waals surface area contributed by atoms with Crippen LogP contribution in [-0.2, 0) is 0 Å². The zero-order chi connectivity index (χ0) is 30.9. The van der Waals surface area contributed by atoms with Crippen molar-refractivity contribution in [1.82, 2.24) is 9.13 Å². The molecule has 10 rings (SSSR count). The Morgan fingerprint density at radius 3 is 1.70 bits per heavy atom. The summed E-state index contributed by atoms with van der Waals surface area (Å²) in [5.74, 6) is 0. The molecule has 3 heterocycles. The third kappa shape index (κ3) is 3.93. The number of fused-ring (bicyclic) bond motifs is 8. The molecule has 0 fully saturated rings. The van der Waals surface area contributed by atoms with Gasteiger partial charge in [0.25, 0.3) is 0 Å². The Bertz CT molecular complexity index is 2720. The van der Waals surface area contributed by atoms with E-state index in [1.165, 1.54) is 43.9 Å². The van der Waals surface area contributed by atoms with Gasteiger partial charge in [0.15, 0.2) is 0 Å². The highest BCUT2D eigenvalue weighted by Gasteiger charge is 2.20. The lowest BCUT2D eigenvalue weighted by atomic mass is 10.0.